The molecule has 1 aromatic heterocycles. The first-order valence-electron chi connectivity index (χ1n) is 8.81. The summed E-state index contributed by atoms with van der Waals surface area (Å²) in [4.78, 5) is 4.80. The number of hydrogen-bond acceptors (Lipinski definition) is 3. The lowest BCUT2D eigenvalue weighted by Crippen LogP contribution is -2.00. The van der Waals surface area contributed by atoms with E-state index in [0.29, 0.717) is 16.8 Å². The molecule has 0 saturated carbocycles. The average Bonchev–Trinajstić information content (AvgIpc) is 2.72. The third-order valence-electron chi connectivity index (χ3n) is 3.75. The molecule has 0 aliphatic carbocycles. The number of para-hydroxylation sites is 1. The summed E-state index contributed by atoms with van der Waals surface area (Å²) in [6.45, 7) is 3.24. The second-order valence-electron chi connectivity index (χ2n) is 5.98. The third-order valence-corrected chi connectivity index (χ3v) is 3.75. The number of nitrogens with zero attached hydrogens (tertiary/aromatic N) is 1. The van der Waals surface area contributed by atoms with E-state index in [1.54, 1.807) is 13.8 Å². The van der Waals surface area contributed by atoms with Crippen LogP contribution in [0.5, 0.6) is 0 Å². The van der Waals surface area contributed by atoms with E-state index in [1.807, 2.05) is 54.6 Å². The van der Waals surface area contributed by atoms with Gasteiger partial charge in [0.2, 0.25) is 0 Å². The number of fused-ring (bicyclic) bond motifs is 1. The van der Waals surface area contributed by atoms with Gasteiger partial charge in [0.1, 0.15) is 12.2 Å². The van der Waals surface area contributed by atoms with Crippen molar-refractivity contribution in [1.29, 1.82) is 0 Å². The Morgan fingerprint density at radius 2 is 1.32 bits per heavy atom. The molecule has 2 unspecified atom stereocenters. The summed E-state index contributed by atoms with van der Waals surface area (Å²) >= 11 is 4.64. The summed E-state index contributed by atoms with van der Waals surface area (Å²) in [5.74, 6) is 11.7. The first-order valence-corrected chi connectivity index (χ1v) is 9.57. The molecule has 0 spiro atoms. The van der Waals surface area contributed by atoms with Crippen LogP contribution in [0.1, 0.15) is 25.0 Å². The summed E-state index contributed by atoms with van der Waals surface area (Å²) in [5, 5.41) is 20.1. The highest BCUT2D eigenvalue weighted by Crippen LogP contribution is 2.29. The number of aliphatic hydroxyl groups excluding tert-OH is 2. The van der Waals surface area contributed by atoms with Crippen LogP contribution in [0.4, 0.5) is 0 Å². The van der Waals surface area contributed by atoms with Crippen molar-refractivity contribution >= 4 is 22.5 Å². The topological polar surface area (TPSA) is 53.4 Å². The van der Waals surface area contributed by atoms with Gasteiger partial charge in [0.05, 0.1) is 22.3 Å². The van der Waals surface area contributed by atoms with E-state index in [0.717, 1.165) is 16.5 Å². The Hall–Kier alpha value is -2.82. The summed E-state index contributed by atoms with van der Waals surface area (Å²) in [7, 11) is 0. The molecule has 0 aliphatic rings. The van der Waals surface area contributed by atoms with E-state index >= 15 is 0 Å². The molecule has 3 nitrogen and oxygen atoms in total. The van der Waals surface area contributed by atoms with Gasteiger partial charge in [0.15, 0.2) is 0 Å². The van der Waals surface area contributed by atoms with Crippen LogP contribution < -0.4 is 0 Å². The molecule has 0 fully saturated rings. The zero-order valence-electron chi connectivity index (χ0n) is 16.1. The molecule has 0 amide bonds. The number of benzene rings is 2. The van der Waals surface area contributed by atoms with Gasteiger partial charge in [-0.3, -0.25) is 0 Å². The zero-order chi connectivity index (χ0) is 20.5. The summed E-state index contributed by atoms with van der Waals surface area (Å²) in [6, 6.07) is 17.5. The van der Waals surface area contributed by atoms with Crippen molar-refractivity contribution in [3.05, 3.63) is 65.7 Å². The van der Waals surface area contributed by atoms with Crippen LogP contribution in [0, 0.1) is 23.7 Å². The maximum absolute atomic E-state index is 9.63. The van der Waals surface area contributed by atoms with Gasteiger partial charge in [-0.15, -0.1) is 11.6 Å². The Bertz CT molecular complexity index is 1050. The number of hydrogen-bond donors (Lipinski definition) is 2. The third kappa shape index (κ3) is 5.35. The summed E-state index contributed by atoms with van der Waals surface area (Å²) in [6.07, 6.45) is -0.0395. The predicted molar refractivity (Wildman–Crippen MR) is 116 cm³/mol. The zero-order valence-corrected chi connectivity index (χ0v) is 16.8. The first kappa shape index (κ1) is 21.5. The van der Waals surface area contributed by atoms with Crippen LogP contribution in [-0.4, -0.2) is 33.8 Å². The number of aliphatic hydroxyl groups is 2. The molecular weight excluding hydrogens is 370 g/mol. The summed E-state index contributed by atoms with van der Waals surface area (Å²) in [5.41, 5.74) is 3.82. The number of pyridine rings is 1. The van der Waals surface area contributed by atoms with Gasteiger partial charge in [0.25, 0.3) is 0 Å². The number of rotatable bonds is 1. The lowest BCUT2D eigenvalue weighted by Gasteiger charge is -2.11. The summed E-state index contributed by atoms with van der Waals surface area (Å²) < 4.78 is 0. The molecule has 3 rings (SSSR count). The Balaban J connectivity index is 0.00000136. The van der Waals surface area contributed by atoms with E-state index in [9.17, 15) is 10.2 Å². The van der Waals surface area contributed by atoms with E-state index < -0.39 is 12.2 Å². The Morgan fingerprint density at radius 3 is 1.93 bits per heavy atom. The van der Waals surface area contributed by atoms with Crippen molar-refractivity contribution in [3.8, 4) is 34.9 Å². The molecule has 2 N–H and O–H groups in total. The standard InChI is InChI=1S/C23H19NO2.CH3Cl/c1-16(25)12-14-19-20-10-6-7-11-22(20)24-23(18-8-4-3-5-9-18)21(19)15-13-17(2)26;1-2/h3-11,16-17,25-26H,1-2H3;1H3. The highest BCUT2D eigenvalue weighted by atomic mass is 35.5. The van der Waals surface area contributed by atoms with Crippen molar-refractivity contribution in [2.24, 2.45) is 0 Å². The monoisotopic (exact) mass is 391 g/mol. The molecule has 0 aliphatic heterocycles. The van der Waals surface area contributed by atoms with E-state index in [1.165, 1.54) is 6.38 Å². The van der Waals surface area contributed by atoms with Crippen molar-refractivity contribution in [2.75, 3.05) is 6.38 Å². The van der Waals surface area contributed by atoms with Crippen molar-refractivity contribution in [3.63, 3.8) is 0 Å². The van der Waals surface area contributed by atoms with Crippen LogP contribution in [0.25, 0.3) is 22.2 Å². The van der Waals surface area contributed by atoms with E-state index in [2.05, 4.69) is 35.3 Å². The van der Waals surface area contributed by atoms with E-state index in [4.69, 9.17) is 4.98 Å². The SMILES string of the molecule is CC(O)C#Cc1c(-c2ccccc2)nc2ccccc2c1C#CC(C)O.CCl. The molecule has 0 saturated heterocycles. The molecule has 2 aromatic carbocycles. The maximum atomic E-state index is 9.63. The number of halogens is 1. The van der Waals surface area contributed by atoms with Gasteiger partial charge in [-0.2, -0.15) is 0 Å². The largest absolute Gasteiger partial charge is 0.381 e. The second kappa shape index (κ2) is 10.5. The Kier molecular flexibility index (Phi) is 8.05. The second-order valence-corrected chi connectivity index (χ2v) is 5.98. The fraction of sp³-hybridized carbons (Fsp3) is 0.208. The fourth-order valence-electron chi connectivity index (χ4n) is 2.62. The minimum atomic E-state index is -0.761. The molecule has 4 heteroatoms. The maximum Gasteiger partial charge on any atom is 0.112 e. The molecular formula is C24H22ClNO2. The van der Waals surface area contributed by atoms with Gasteiger partial charge < -0.3 is 10.2 Å². The van der Waals surface area contributed by atoms with Crippen LogP contribution in [0.2, 0.25) is 0 Å². The first-order chi connectivity index (χ1) is 13.6. The van der Waals surface area contributed by atoms with Gasteiger partial charge in [-0.1, -0.05) is 72.2 Å². The lowest BCUT2D eigenvalue weighted by molar-refractivity contribution is 0.253. The highest BCUT2D eigenvalue weighted by molar-refractivity contribution is 6.15. The Morgan fingerprint density at radius 1 is 0.786 bits per heavy atom. The molecule has 0 radical (unpaired) electrons. The minimum absolute atomic E-state index is 0.656. The number of alkyl halides is 1. The lowest BCUT2D eigenvalue weighted by atomic mass is 9.97. The predicted octanol–water partition coefficient (Wildman–Crippen LogP) is 4.22. The van der Waals surface area contributed by atoms with Gasteiger partial charge in [-0.05, 0) is 19.9 Å². The van der Waals surface area contributed by atoms with Crippen LogP contribution in [0.15, 0.2) is 54.6 Å². The van der Waals surface area contributed by atoms with Crippen LogP contribution in [0.3, 0.4) is 0 Å². The van der Waals surface area contributed by atoms with Crippen molar-refractivity contribution < 1.29 is 10.2 Å². The average molecular weight is 392 g/mol. The van der Waals surface area contributed by atoms with Gasteiger partial charge in [-0.25, -0.2) is 4.98 Å². The highest BCUT2D eigenvalue weighted by Gasteiger charge is 2.14. The van der Waals surface area contributed by atoms with Crippen molar-refractivity contribution in [2.45, 2.75) is 26.1 Å². The molecule has 1 heterocycles. The van der Waals surface area contributed by atoms with Crippen LogP contribution in [-0.2, 0) is 0 Å². The molecule has 142 valence electrons. The van der Waals surface area contributed by atoms with Gasteiger partial charge >= 0.3 is 0 Å². The molecule has 0 bridgehead atoms. The Labute approximate surface area is 171 Å². The van der Waals surface area contributed by atoms with Crippen LogP contribution >= 0.6 is 11.6 Å². The van der Waals surface area contributed by atoms with Crippen molar-refractivity contribution in [1.82, 2.24) is 4.98 Å². The van der Waals surface area contributed by atoms with E-state index in [-0.39, 0.29) is 0 Å². The fourth-order valence-corrected chi connectivity index (χ4v) is 2.62. The van der Waals surface area contributed by atoms with Gasteiger partial charge in [0, 0.05) is 17.3 Å². The molecule has 3 aromatic rings. The molecule has 2 atom stereocenters. The quantitative estimate of drug-likeness (QED) is 0.482. The smallest absolute Gasteiger partial charge is 0.112 e. The normalized spacial score (nSPS) is 11.8. The molecule has 28 heavy (non-hydrogen) atoms. The minimum Gasteiger partial charge on any atom is -0.381 e. The number of aromatic nitrogens is 1.